The van der Waals surface area contributed by atoms with Crippen LogP contribution in [-0.2, 0) is 16.1 Å². The number of nitrogens with zero attached hydrogens (tertiary/aromatic N) is 2. The molecule has 0 fully saturated rings. The molecule has 1 aromatic rings. The van der Waals surface area contributed by atoms with E-state index in [1.807, 2.05) is 25.5 Å². The summed E-state index contributed by atoms with van der Waals surface area (Å²) in [6.07, 6.45) is 0.986. The topological polar surface area (TPSA) is 56.1 Å². The number of rotatable bonds is 7. The van der Waals surface area contributed by atoms with Crippen LogP contribution < -0.4 is 5.32 Å². The number of methoxy groups -OCH3 is 1. The summed E-state index contributed by atoms with van der Waals surface area (Å²) in [5.74, 6) is -0.294. The fraction of sp³-hybridized carbons (Fsp3) is 0.714. The summed E-state index contributed by atoms with van der Waals surface area (Å²) in [6, 6.07) is 2.20. The van der Waals surface area contributed by atoms with E-state index in [4.69, 9.17) is 4.74 Å². The number of carbonyl (C=O) groups excluding carboxylic acids is 1. The zero-order valence-electron chi connectivity index (χ0n) is 12.6. The lowest BCUT2D eigenvalue weighted by atomic mass is 10.0. The van der Waals surface area contributed by atoms with Gasteiger partial charge in [-0.15, -0.1) is 0 Å². The smallest absolute Gasteiger partial charge is 0.309 e. The molecule has 0 saturated heterocycles. The van der Waals surface area contributed by atoms with E-state index in [0.717, 1.165) is 25.2 Å². The molecule has 0 bridgehead atoms. The quantitative estimate of drug-likeness (QED) is 0.603. The molecule has 0 spiro atoms. The standard InChI is InChI=1S/C14H25N3O2/c1-10-9-11(2)17(16-10)8-6-7-15-13(4)12(3)14(18)19-5/h9,12-13,15H,6-8H2,1-5H3. The van der Waals surface area contributed by atoms with Gasteiger partial charge in [-0.2, -0.15) is 5.10 Å². The second-order valence-corrected chi connectivity index (χ2v) is 5.06. The van der Waals surface area contributed by atoms with Gasteiger partial charge < -0.3 is 10.1 Å². The van der Waals surface area contributed by atoms with Crippen molar-refractivity contribution in [3.63, 3.8) is 0 Å². The van der Waals surface area contributed by atoms with Crippen molar-refractivity contribution >= 4 is 5.97 Å². The van der Waals surface area contributed by atoms with Crippen LogP contribution in [0.5, 0.6) is 0 Å². The Morgan fingerprint density at radius 3 is 2.68 bits per heavy atom. The predicted octanol–water partition coefficient (Wildman–Crippen LogP) is 1.68. The first-order valence-corrected chi connectivity index (χ1v) is 6.78. The van der Waals surface area contributed by atoms with E-state index in [0.29, 0.717) is 0 Å². The highest BCUT2D eigenvalue weighted by molar-refractivity contribution is 5.72. The Hall–Kier alpha value is -1.36. The minimum Gasteiger partial charge on any atom is -0.469 e. The minimum absolute atomic E-state index is 0.118. The van der Waals surface area contributed by atoms with Crippen LogP contribution in [0.2, 0.25) is 0 Å². The second-order valence-electron chi connectivity index (χ2n) is 5.06. The molecule has 1 rings (SSSR count). The van der Waals surface area contributed by atoms with Crippen LogP contribution in [-0.4, -0.2) is 35.4 Å². The van der Waals surface area contributed by atoms with Gasteiger partial charge in [0, 0.05) is 18.3 Å². The van der Waals surface area contributed by atoms with Crippen LogP contribution in [0, 0.1) is 19.8 Å². The highest BCUT2D eigenvalue weighted by Gasteiger charge is 2.19. The van der Waals surface area contributed by atoms with Crippen LogP contribution in [0.1, 0.15) is 31.7 Å². The van der Waals surface area contributed by atoms with Gasteiger partial charge in [0.25, 0.3) is 0 Å². The highest BCUT2D eigenvalue weighted by atomic mass is 16.5. The maximum absolute atomic E-state index is 11.4. The van der Waals surface area contributed by atoms with E-state index in [1.165, 1.54) is 12.8 Å². The van der Waals surface area contributed by atoms with Gasteiger partial charge in [0.05, 0.1) is 18.7 Å². The molecule has 0 aliphatic carbocycles. The number of aromatic nitrogens is 2. The van der Waals surface area contributed by atoms with Gasteiger partial charge in [-0.3, -0.25) is 9.48 Å². The third-order valence-corrected chi connectivity index (χ3v) is 3.44. The lowest BCUT2D eigenvalue weighted by Gasteiger charge is -2.19. The first-order chi connectivity index (χ1) is 8.95. The molecule has 19 heavy (non-hydrogen) atoms. The van der Waals surface area contributed by atoms with Crippen LogP contribution in [0.25, 0.3) is 0 Å². The number of nitrogens with one attached hydrogen (secondary N) is 1. The average Bonchev–Trinajstić information content (AvgIpc) is 2.70. The molecule has 0 saturated carbocycles. The molecule has 108 valence electrons. The normalized spacial score (nSPS) is 14.2. The van der Waals surface area contributed by atoms with Gasteiger partial charge in [-0.25, -0.2) is 0 Å². The monoisotopic (exact) mass is 267 g/mol. The molecule has 0 aliphatic rings. The molecule has 1 N–H and O–H groups in total. The minimum atomic E-state index is -0.168. The number of esters is 1. The second kappa shape index (κ2) is 7.28. The molecule has 5 heteroatoms. The lowest BCUT2D eigenvalue weighted by Crippen LogP contribution is -2.37. The summed E-state index contributed by atoms with van der Waals surface area (Å²) in [5, 5.41) is 7.77. The fourth-order valence-corrected chi connectivity index (χ4v) is 2.03. The first-order valence-electron chi connectivity index (χ1n) is 6.78. The molecule has 1 heterocycles. The first kappa shape index (κ1) is 15.7. The number of carbonyl (C=O) groups is 1. The Bertz CT molecular complexity index is 415. The van der Waals surface area contributed by atoms with Crippen molar-refractivity contribution < 1.29 is 9.53 Å². The molecular formula is C14H25N3O2. The van der Waals surface area contributed by atoms with Crippen molar-refractivity contribution in [2.75, 3.05) is 13.7 Å². The number of aryl methyl sites for hydroxylation is 3. The highest BCUT2D eigenvalue weighted by Crippen LogP contribution is 2.05. The van der Waals surface area contributed by atoms with Crippen molar-refractivity contribution in [1.29, 1.82) is 0 Å². The Morgan fingerprint density at radius 2 is 2.16 bits per heavy atom. The van der Waals surface area contributed by atoms with Crippen LogP contribution in [0.4, 0.5) is 0 Å². The SMILES string of the molecule is COC(=O)C(C)C(C)NCCCn1nc(C)cc1C. The summed E-state index contributed by atoms with van der Waals surface area (Å²) in [7, 11) is 1.42. The van der Waals surface area contributed by atoms with Crippen LogP contribution >= 0.6 is 0 Å². The van der Waals surface area contributed by atoms with Crippen LogP contribution in [0.3, 0.4) is 0 Å². The molecule has 2 unspecified atom stereocenters. The van der Waals surface area contributed by atoms with Crippen LogP contribution in [0.15, 0.2) is 6.07 Å². The number of hydrogen-bond acceptors (Lipinski definition) is 4. The third-order valence-electron chi connectivity index (χ3n) is 3.44. The molecule has 1 aromatic heterocycles. The average molecular weight is 267 g/mol. The van der Waals surface area contributed by atoms with E-state index in [9.17, 15) is 4.79 Å². The van der Waals surface area contributed by atoms with Gasteiger partial charge in [-0.1, -0.05) is 6.92 Å². The largest absolute Gasteiger partial charge is 0.469 e. The van der Waals surface area contributed by atoms with E-state index in [-0.39, 0.29) is 17.9 Å². The summed E-state index contributed by atoms with van der Waals surface area (Å²) >= 11 is 0. The molecule has 0 aliphatic heterocycles. The summed E-state index contributed by atoms with van der Waals surface area (Å²) in [5.41, 5.74) is 2.24. The Kier molecular flexibility index (Phi) is 6.02. The Balaban J connectivity index is 2.27. The molecule has 0 radical (unpaired) electrons. The zero-order valence-corrected chi connectivity index (χ0v) is 12.6. The van der Waals surface area contributed by atoms with Gasteiger partial charge in [0.15, 0.2) is 0 Å². The fourth-order valence-electron chi connectivity index (χ4n) is 2.03. The van der Waals surface area contributed by atoms with Crippen molar-refractivity contribution in [1.82, 2.24) is 15.1 Å². The van der Waals surface area contributed by atoms with Gasteiger partial charge in [-0.05, 0) is 39.8 Å². The number of ether oxygens (including phenoxy) is 1. The molecule has 5 nitrogen and oxygen atoms in total. The van der Waals surface area contributed by atoms with E-state index < -0.39 is 0 Å². The van der Waals surface area contributed by atoms with E-state index in [2.05, 4.69) is 23.4 Å². The molecule has 0 amide bonds. The Labute approximate surface area is 115 Å². The van der Waals surface area contributed by atoms with Crippen molar-refractivity contribution in [2.24, 2.45) is 5.92 Å². The zero-order chi connectivity index (χ0) is 14.4. The Morgan fingerprint density at radius 1 is 1.47 bits per heavy atom. The molecular weight excluding hydrogens is 242 g/mol. The van der Waals surface area contributed by atoms with E-state index >= 15 is 0 Å². The van der Waals surface area contributed by atoms with Gasteiger partial charge in [0.2, 0.25) is 0 Å². The molecule has 0 aromatic carbocycles. The predicted molar refractivity (Wildman–Crippen MR) is 75.0 cm³/mol. The van der Waals surface area contributed by atoms with E-state index in [1.54, 1.807) is 0 Å². The number of hydrogen-bond donors (Lipinski definition) is 1. The maximum atomic E-state index is 11.4. The lowest BCUT2D eigenvalue weighted by molar-refractivity contribution is -0.145. The maximum Gasteiger partial charge on any atom is 0.309 e. The third kappa shape index (κ3) is 4.67. The molecule has 2 atom stereocenters. The summed E-state index contributed by atoms with van der Waals surface area (Å²) in [4.78, 5) is 11.4. The summed E-state index contributed by atoms with van der Waals surface area (Å²) in [6.45, 7) is 9.71. The van der Waals surface area contributed by atoms with Gasteiger partial charge in [0.1, 0.15) is 0 Å². The van der Waals surface area contributed by atoms with Crippen molar-refractivity contribution in [3.8, 4) is 0 Å². The van der Waals surface area contributed by atoms with Gasteiger partial charge >= 0.3 is 5.97 Å². The van der Waals surface area contributed by atoms with Crippen molar-refractivity contribution in [3.05, 3.63) is 17.5 Å². The van der Waals surface area contributed by atoms with Crippen molar-refractivity contribution in [2.45, 2.75) is 46.7 Å². The summed E-state index contributed by atoms with van der Waals surface area (Å²) < 4.78 is 6.75.